The number of aromatic carboxylic acids is 1. The van der Waals surface area contributed by atoms with Crippen LogP contribution in [0.25, 0.3) is 0 Å². The van der Waals surface area contributed by atoms with E-state index < -0.39 is 5.97 Å². The van der Waals surface area contributed by atoms with E-state index in [1.807, 2.05) is 18.2 Å². The number of hydrogen-bond donors (Lipinski definition) is 3. The van der Waals surface area contributed by atoms with Crippen molar-refractivity contribution in [2.45, 2.75) is 13.5 Å². The Labute approximate surface area is 122 Å². The summed E-state index contributed by atoms with van der Waals surface area (Å²) in [4.78, 5) is 11.1. The van der Waals surface area contributed by atoms with Crippen molar-refractivity contribution in [2.75, 3.05) is 11.1 Å². The summed E-state index contributed by atoms with van der Waals surface area (Å²) in [5.74, 6) is -1.04. The van der Waals surface area contributed by atoms with Gasteiger partial charge in [-0.25, -0.2) is 4.79 Å². The first-order valence-corrected chi connectivity index (χ1v) is 6.37. The Morgan fingerprint density at radius 1 is 1.33 bits per heavy atom. The second kappa shape index (κ2) is 5.97. The van der Waals surface area contributed by atoms with E-state index in [1.165, 1.54) is 6.07 Å². The number of hydrogen-bond acceptors (Lipinski definition) is 4. The smallest absolute Gasteiger partial charge is 0.337 e. The minimum absolute atomic E-state index is 0.0947. The maximum atomic E-state index is 11.1. The van der Waals surface area contributed by atoms with Crippen molar-refractivity contribution in [2.24, 2.45) is 0 Å². The number of carbonyl (C=O) groups is 1. The molecule has 106 valence electrons. The van der Waals surface area contributed by atoms with Gasteiger partial charge in [-0.1, -0.05) is 12.1 Å². The Kier molecular flexibility index (Phi) is 4.10. The molecule has 0 unspecified atom stereocenters. The number of rotatable bonds is 4. The van der Waals surface area contributed by atoms with Gasteiger partial charge in [0.05, 0.1) is 17.2 Å². The number of benzene rings is 2. The first-order chi connectivity index (χ1) is 10.0. The van der Waals surface area contributed by atoms with Crippen LogP contribution in [0.5, 0.6) is 0 Å². The minimum Gasteiger partial charge on any atom is -0.478 e. The van der Waals surface area contributed by atoms with Crippen LogP contribution >= 0.6 is 0 Å². The zero-order valence-corrected chi connectivity index (χ0v) is 11.6. The first-order valence-electron chi connectivity index (χ1n) is 6.37. The van der Waals surface area contributed by atoms with Gasteiger partial charge in [0.1, 0.15) is 0 Å². The number of nitrogens with zero attached hydrogens (tertiary/aromatic N) is 1. The lowest BCUT2D eigenvalue weighted by Gasteiger charge is -2.11. The van der Waals surface area contributed by atoms with Crippen LogP contribution in [0.4, 0.5) is 11.4 Å². The summed E-state index contributed by atoms with van der Waals surface area (Å²) in [5.41, 5.74) is 9.16. The van der Waals surface area contributed by atoms with E-state index in [2.05, 4.69) is 11.4 Å². The average molecular weight is 281 g/mol. The second-order valence-electron chi connectivity index (χ2n) is 4.72. The first kappa shape index (κ1) is 14.4. The SMILES string of the molecule is Cc1cc(NCc2ccc(C#N)cc2)cc(C(=O)O)c1N. The van der Waals surface area contributed by atoms with Crippen LogP contribution in [0.2, 0.25) is 0 Å². The highest BCUT2D eigenvalue weighted by molar-refractivity contribution is 5.95. The summed E-state index contributed by atoms with van der Waals surface area (Å²) >= 11 is 0. The van der Waals surface area contributed by atoms with Gasteiger partial charge in [-0.15, -0.1) is 0 Å². The molecule has 5 nitrogen and oxygen atoms in total. The van der Waals surface area contributed by atoms with Gasteiger partial charge in [0.25, 0.3) is 0 Å². The van der Waals surface area contributed by atoms with Crippen molar-refractivity contribution in [3.8, 4) is 6.07 Å². The lowest BCUT2D eigenvalue weighted by Crippen LogP contribution is -2.07. The molecule has 2 aromatic carbocycles. The van der Waals surface area contributed by atoms with Crippen LogP contribution in [0, 0.1) is 18.3 Å². The monoisotopic (exact) mass is 281 g/mol. The van der Waals surface area contributed by atoms with Gasteiger partial charge in [0.15, 0.2) is 0 Å². The van der Waals surface area contributed by atoms with E-state index in [4.69, 9.17) is 16.1 Å². The molecule has 0 atom stereocenters. The van der Waals surface area contributed by atoms with Gasteiger partial charge in [-0.05, 0) is 42.3 Å². The standard InChI is InChI=1S/C16H15N3O2/c1-10-6-13(7-14(15(10)18)16(20)21)19-9-12-4-2-11(8-17)3-5-12/h2-7,19H,9,18H2,1H3,(H,20,21). The summed E-state index contributed by atoms with van der Waals surface area (Å²) in [6, 6.07) is 12.6. The molecular weight excluding hydrogens is 266 g/mol. The fourth-order valence-electron chi connectivity index (χ4n) is 1.98. The largest absolute Gasteiger partial charge is 0.478 e. The van der Waals surface area contributed by atoms with Gasteiger partial charge >= 0.3 is 5.97 Å². The highest BCUT2D eigenvalue weighted by atomic mass is 16.4. The van der Waals surface area contributed by atoms with Crippen molar-refractivity contribution < 1.29 is 9.90 Å². The average Bonchev–Trinajstić information content (AvgIpc) is 2.48. The van der Waals surface area contributed by atoms with Crippen LogP contribution in [0.1, 0.15) is 27.0 Å². The van der Waals surface area contributed by atoms with Gasteiger partial charge in [0.2, 0.25) is 0 Å². The van der Waals surface area contributed by atoms with E-state index in [0.717, 1.165) is 11.1 Å². The van der Waals surface area contributed by atoms with Crippen molar-refractivity contribution >= 4 is 17.3 Å². The summed E-state index contributed by atoms with van der Waals surface area (Å²) in [6.45, 7) is 2.31. The number of nitrogens with one attached hydrogen (secondary N) is 1. The molecule has 0 aromatic heterocycles. The highest BCUT2D eigenvalue weighted by Crippen LogP contribution is 2.23. The third-order valence-electron chi connectivity index (χ3n) is 3.20. The molecule has 0 saturated carbocycles. The third-order valence-corrected chi connectivity index (χ3v) is 3.20. The zero-order chi connectivity index (χ0) is 15.4. The van der Waals surface area contributed by atoms with Gasteiger partial charge < -0.3 is 16.2 Å². The number of nitrogen functional groups attached to an aromatic ring is 1. The topological polar surface area (TPSA) is 99.1 Å². The molecule has 0 amide bonds. The number of nitriles is 1. The van der Waals surface area contributed by atoms with Gasteiger partial charge in [-0.3, -0.25) is 0 Å². The Bertz CT molecular complexity index is 716. The van der Waals surface area contributed by atoms with Crippen molar-refractivity contribution in [3.05, 3.63) is 58.7 Å². The number of aryl methyl sites for hydroxylation is 1. The van der Waals surface area contributed by atoms with E-state index in [0.29, 0.717) is 17.8 Å². The summed E-state index contributed by atoms with van der Waals surface area (Å²) < 4.78 is 0. The molecule has 4 N–H and O–H groups in total. The molecule has 0 saturated heterocycles. The molecule has 21 heavy (non-hydrogen) atoms. The maximum Gasteiger partial charge on any atom is 0.337 e. The molecule has 0 aliphatic carbocycles. The van der Waals surface area contributed by atoms with Crippen molar-refractivity contribution in [1.82, 2.24) is 0 Å². The Balaban J connectivity index is 2.16. The molecule has 0 heterocycles. The molecule has 5 heteroatoms. The third kappa shape index (κ3) is 3.31. The molecule has 2 rings (SSSR count). The van der Waals surface area contributed by atoms with E-state index >= 15 is 0 Å². The summed E-state index contributed by atoms with van der Waals surface area (Å²) in [7, 11) is 0. The highest BCUT2D eigenvalue weighted by Gasteiger charge is 2.11. The molecule has 2 aromatic rings. The lowest BCUT2D eigenvalue weighted by molar-refractivity contribution is 0.0698. The van der Waals surface area contributed by atoms with Gasteiger partial charge in [-0.2, -0.15) is 5.26 Å². The van der Waals surface area contributed by atoms with E-state index in [-0.39, 0.29) is 11.3 Å². The normalized spacial score (nSPS) is 9.90. The quantitative estimate of drug-likeness (QED) is 0.748. The minimum atomic E-state index is -1.04. The van der Waals surface area contributed by atoms with Crippen LogP contribution in [-0.2, 0) is 6.54 Å². The molecule has 0 aliphatic heterocycles. The fourth-order valence-corrected chi connectivity index (χ4v) is 1.98. The summed E-state index contributed by atoms with van der Waals surface area (Å²) in [5, 5.41) is 21.0. The van der Waals surface area contributed by atoms with Crippen LogP contribution < -0.4 is 11.1 Å². The Morgan fingerprint density at radius 2 is 2.00 bits per heavy atom. The molecular formula is C16H15N3O2. The van der Waals surface area contributed by atoms with Gasteiger partial charge in [0, 0.05) is 17.9 Å². The molecule has 0 radical (unpaired) electrons. The van der Waals surface area contributed by atoms with Crippen molar-refractivity contribution in [3.63, 3.8) is 0 Å². The predicted octanol–water partition coefficient (Wildman–Crippen LogP) is 2.76. The van der Waals surface area contributed by atoms with Crippen LogP contribution in [0.3, 0.4) is 0 Å². The molecule has 0 aliphatic rings. The van der Waals surface area contributed by atoms with E-state index in [9.17, 15) is 4.79 Å². The van der Waals surface area contributed by atoms with E-state index in [1.54, 1.807) is 19.1 Å². The zero-order valence-electron chi connectivity index (χ0n) is 11.6. The number of carboxylic acids is 1. The van der Waals surface area contributed by atoms with Crippen LogP contribution in [0.15, 0.2) is 36.4 Å². The molecule has 0 spiro atoms. The summed E-state index contributed by atoms with van der Waals surface area (Å²) in [6.07, 6.45) is 0. The number of anilines is 2. The maximum absolute atomic E-state index is 11.1. The number of carboxylic acid groups (broad SMARTS) is 1. The molecule has 0 fully saturated rings. The lowest BCUT2D eigenvalue weighted by atomic mass is 10.1. The Morgan fingerprint density at radius 3 is 2.57 bits per heavy atom. The molecule has 0 bridgehead atoms. The van der Waals surface area contributed by atoms with Crippen molar-refractivity contribution in [1.29, 1.82) is 5.26 Å². The number of nitrogens with two attached hydrogens (primary N) is 1. The van der Waals surface area contributed by atoms with Crippen LogP contribution in [-0.4, -0.2) is 11.1 Å². The predicted molar refractivity (Wildman–Crippen MR) is 81.0 cm³/mol. The fraction of sp³-hybridized carbons (Fsp3) is 0.125. The Hall–Kier alpha value is -3.00. The second-order valence-corrected chi connectivity index (χ2v) is 4.72.